The van der Waals surface area contributed by atoms with E-state index in [0.29, 0.717) is 24.6 Å². The highest BCUT2D eigenvalue weighted by Crippen LogP contribution is 2.30. The number of piperidine rings is 2. The number of thiophene rings is 1. The Morgan fingerprint density at radius 2 is 2.00 bits per heavy atom. The van der Waals surface area contributed by atoms with Crippen LogP contribution in [-0.4, -0.2) is 54.9 Å². The summed E-state index contributed by atoms with van der Waals surface area (Å²) in [6.45, 7) is 6.01. The van der Waals surface area contributed by atoms with Crippen molar-refractivity contribution in [2.45, 2.75) is 44.4 Å². The fourth-order valence-electron chi connectivity index (χ4n) is 4.32. The average molecular weight is 464 g/mol. The Labute approximate surface area is 187 Å². The lowest BCUT2D eigenvalue weighted by atomic mass is 9.94. The third-order valence-corrected chi connectivity index (χ3v) is 9.06. The second-order valence-electron chi connectivity index (χ2n) is 8.52. The summed E-state index contributed by atoms with van der Waals surface area (Å²) in [6, 6.07) is 3.88. The molecule has 2 saturated heterocycles. The summed E-state index contributed by atoms with van der Waals surface area (Å²) >= 11 is 1.56. The summed E-state index contributed by atoms with van der Waals surface area (Å²) in [5.74, 6) is 0.669. The first-order chi connectivity index (χ1) is 14.9. The van der Waals surface area contributed by atoms with E-state index in [4.69, 9.17) is 4.52 Å². The number of sulfonamides is 1. The Morgan fingerprint density at radius 1 is 1.23 bits per heavy atom. The Balaban J connectivity index is 1.52. The van der Waals surface area contributed by atoms with E-state index in [1.165, 1.54) is 4.31 Å². The molecule has 9 heteroatoms. The molecule has 2 fully saturated rings. The van der Waals surface area contributed by atoms with Gasteiger partial charge >= 0.3 is 0 Å². The van der Waals surface area contributed by atoms with E-state index in [1.807, 2.05) is 28.5 Å². The minimum Gasteiger partial charge on any atom is -0.355 e. The highest BCUT2D eigenvalue weighted by molar-refractivity contribution is 7.89. The molecule has 2 aromatic rings. The summed E-state index contributed by atoms with van der Waals surface area (Å²) in [5, 5.41) is 5.86. The summed E-state index contributed by atoms with van der Waals surface area (Å²) < 4.78 is 33.8. The number of carbonyl (C=O) groups excluding carboxylic acids is 1. The Hall–Kier alpha value is -1.97. The molecule has 2 aliphatic rings. The first-order valence-electron chi connectivity index (χ1n) is 10.8. The fourth-order valence-corrected chi connectivity index (χ4v) is 6.71. The van der Waals surface area contributed by atoms with Crippen LogP contribution in [0.25, 0.3) is 12.2 Å². The topological polar surface area (TPSA) is 83.7 Å². The van der Waals surface area contributed by atoms with Crippen molar-refractivity contribution in [2.75, 3.05) is 26.2 Å². The zero-order chi connectivity index (χ0) is 22.0. The van der Waals surface area contributed by atoms with E-state index in [0.717, 1.165) is 37.2 Å². The molecule has 1 amide bonds. The van der Waals surface area contributed by atoms with Crippen molar-refractivity contribution >= 4 is 39.4 Å². The van der Waals surface area contributed by atoms with Crippen molar-refractivity contribution < 1.29 is 17.7 Å². The first-order valence-corrected chi connectivity index (χ1v) is 13.1. The largest absolute Gasteiger partial charge is 0.355 e. The lowest BCUT2D eigenvalue weighted by Gasteiger charge is -2.36. The van der Waals surface area contributed by atoms with Gasteiger partial charge < -0.3 is 9.42 Å². The smallest absolute Gasteiger partial charge is 0.248 e. The van der Waals surface area contributed by atoms with Crippen LogP contribution in [0.3, 0.4) is 0 Å². The molecule has 2 aromatic heterocycles. The Bertz CT molecular complexity index is 1040. The maximum Gasteiger partial charge on any atom is 0.248 e. The van der Waals surface area contributed by atoms with Crippen molar-refractivity contribution in [1.82, 2.24) is 14.4 Å². The molecule has 4 rings (SSSR count). The van der Waals surface area contributed by atoms with Crippen LogP contribution in [-0.2, 0) is 14.8 Å². The number of nitrogens with zero attached hydrogens (tertiary/aromatic N) is 3. The molecule has 0 aromatic carbocycles. The molecular weight excluding hydrogens is 434 g/mol. The average Bonchev–Trinajstić information content (AvgIpc) is 3.42. The maximum absolute atomic E-state index is 13.5. The van der Waals surface area contributed by atoms with Gasteiger partial charge in [-0.15, -0.1) is 11.3 Å². The normalized spacial score (nSPS) is 21.7. The van der Waals surface area contributed by atoms with Gasteiger partial charge in [-0.2, -0.15) is 4.31 Å². The minimum atomic E-state index is -3.82. The van der Waals surface area contributed by atoms with E-state index in [9.17, 15) is 13.2 Å². The monoisotopic (exact) mass is 463 g/mol. The van der Waals surface area contributed by atoms with Crippen molar-refractivity contribution in [3.63, 3.8) is 0 Å². The van der Waals surface area contributed by atoms with E-state index < -0.39 is 10.0 Å². The van der Waals surface area contributed by atoms with Gasteiger partial charge in [0, 0.05) is 31.1 Å². The Morgan fingerprint density at radius 3 is 2.71 bits per heavy atom. The highest BCUT2D eigenvalue weighted by Gasteiger charge is 2.38. The predicted molar refractivity (Wildman–Crippen MR) is 121 cm³/mol. The van der Waals surface area contributed by atoms with Crippen molar-refractivity contribution in [1.29, 1.82) is 0 Å². The predicted octanol–water partition coefficient (Wildman–Crippen LogP) is 3.87. The summed E-state index contributed by atoms with van der Waals surface area (Å²) in [7, 11) is -3.82. The molecular formula is C22H29N3O4S2. The first kappa shape index (κ1) is 22.2. The van der Waals surface area contributed by atoms with Crippen LogP contribution in [0.1, 0.15) is 48.9 Å². The molecule has 2 aliphatic heterocycles. The number of amides is 1. The number of likely N-dealkylation sites (tertiary alicyclic amines) is 1. The van der Waals surface area contributed by atoms with Gasteiger partial charge in [0.15, 0.2) is 10.7 Å². The minimum absolute atomic E-state index is 0.0895. The Kier molecular flexibility index (Phi) is 6.64. The molecule has 0 saturated carbocycles. The van der Waals surface area contributed by atoms with Crippen LogP contribution < -0.4 is 0 Å². The van der Waals surface area contributed by atoms with Gasteiger partial charge in [0.1, 0.15) is 5.69 Å². The molecule has 7 nitrogen and oxygen atoms in total. The quantitative estimate of drug-likeness (QED) is 0.672. The third-order valence-electron chi connectivity index (χ3n) is 6.20. The molecule has 0 spiro atoms. The van der Waals surface area contributed by atoms with Gasteiger partial charge in [-0.25, -0.2) is 8.42 Å². The summed E-state index contributed by atoms with van der Waals surface area (Å²) in [5.41, 5.74) is 0.337. The number of aromatic nitrogens is 1. The van der Waals surface area contributed by atoms with Crippen LogP contribution in [0.15, 0.2) is 26.9 Å². The zero-order valence-corrected chi connectivity index (χ0v) is 19.6. The molecule has 0 aliphatic carbocycles. The van der Waals surface area contributed by atoms with E-state index in [2.05, 4.69) is 12.1 Å². The second-order valence-corrected chi connectivity index (χ2v) is 11.4. The second kappa shape index (κ2) is 9.26. The van der Waals surface area contributed by atoms with E-state index in [1.54, 1.807) is 24.3 Å². The fraction of sp³-hybridized carbons (Fsp3) is 0.545. The molecule has 0 unspecified atom stereocenters. The number of hydrogen-bond donors (Lipinski definition) is 0. The number of carbonyl (C=O) groups is 1. The molecule has 4 heterocycles. The van der Waals surface area contributed by atoms with Crippen molar-refractivity contribution in [3.05, 3.63) is 33.8 Å². The molecule has 168 valence electrons. The van der Waals surface area contributed by atoms with Crippen molar-refractivity contribution in [2.24, 2.45) is 11.8 Å². The van der Waals surface area contributed by atoms with Gasteiger partial charge in [0.05, 0.1) is 5.92 Å². The van der Waals surface area contributed by atoms with Gasteiger partial charge in [-0.3, -0.25) is 4.79 Å². The van der Waals surface area contributed by atoms with Crippen LogP contribution in [0.4, 0.5) is 0 Å². The molecule has 0 N–H and O–H groups in total. The van der Waals surface area contributed by atoms with Crippen LogP contribution in [0, 0.1) is 18.8 Å². The van der Waals surface area contributed by atoms with Crippen LogP contribution in [0.5, 0.6) is 0 Å². The summed E-state index contributed by atoms with van der Waals surface area (Å²) in [4.78, 5) is 16.1. The van der Waals surface area contributed by atoms with Gasteiger partial charge in [-0.1, -0.05) is 18.1 Å². The van der Waals surface area contributed by atoms with Crippen LogP contribution >= 0.6 is 11.3 Å². The van der Waals surface area contributed by atoms with Crippen molar-refractivity contribution in [3.8, 4) is 0 Å². The molecule has 1 atom stereocenters. The molecule has 0 radical (unpaired) electrons. The lowest BCUT2D eigenvalue weighted by Crippen LogP contribution is -2.48. The van der Waals surface area contributed by atoms with Crippen LogP contribution in [0.2, 0.25) is 0 Å². The SMILES string of the molecule is Cc1noc(/C=C/c2cccs2)c1S(=O)(=O)N1CCC[C@@H](C(=O)N2CCC(C)CC2)C1. The summed E-state index contributed by atoms with van der Waals surface area (Å²) in [6.07, 6.45) is 6.90. The van der Waals surface area contributed by atoms with Gasteiger partial charge in [-0.05, 0) is 62.1 Å². The van der Waals surface area contributed by atoms with Gasteiger partial charge in [0.2, 0.25) is 15.9 Å². The zero-order valence-electron chi connectivity index (χ0n) is 18.0. The maximum atomic E-state index is 13.5. The highest BCUT2D eigenvalue weighted by atomic mass is 32.2. The standard InChI is InChI=1S/C22H29N3O4S2/c1-16-9-12-24(13-10-16)22(26)18-5-3-11-25(15-18)31(27,28)21-17(2)23-29-20(21)8-7-19-6-4-14-30-19/h4,6-8,14,16,18H,3,5,9-13,15H2,1-2H3/b8-7+/t18-/m1/s1. The number of rotatable bonds is 5. The van der Waals surface area contributed by atoms with E-state index >= 15 is 0 Å². The molecule has 0 bridgehead atoms. The lowest BCUT2D eigenvalue weighted by molar-refractivity contribution is -0.138. The molecule has 31 heavy (non-hydrogen) atoms. The third kappa shape index (κ3) is 4.78. The van der Waals surface area contributed by atoms with E-state index in [-0.39, 0.29) is 29.0 Å². The number of hydrogen-bond acceptors (Lipinski definition) is 6. The van der Waals surface area contributed by atoms with Gasteiger partial charge in [0.25, 0.3) is 0 Å². The number of aryl methyl sites for hydroxylation is 1.